The maximum atomic E-state index is 6.27. The molecule has 0 aliphatic heterocycles. The Labute approximate surface area is 139 Å². The molecule has 0 spiro atoms. The van der Waals surface area contributed by atoms with Gasteiger partial charge in [-0.3, -0.25) is 0 Å². The molecule has 0 aliphatic rings. The van der Waals surface area contributed by atoms with Gasteiger partial charge in [-0.25, -0.2) is 4.98 Å². The first kappa shape index (κ1) is 16.8. The molecule has 1 atom stereocenters. The lowest BCUT2D eigenvalue weighted by Crippen LogP contribution is -2.09. The normalized spacial score (nSPS) is 13.2. The highest BCUT2D eigenvalue weighted by molar-refractivity contribution is 9.10. The summed E-state index contributed by atoms with van der Waals surface area (Å²) in [6.45, 7) is 8.75. The summed E-state index contributed by atoms with van der Waals surface area (Å²) in [6, 6.07) is 6.16. The first-order valence-corrected chi connectivity index (χ1v) is 8.59. The molecule has 5 heteroatoms. The second kappa shape index (κ2) is 7.61. The number of rotatable bonds is 7. The van der Waals surface area contributed by atoms with Crippen molar-refractivity contribution in [3.8, 4) is 0 Å². The molecule has 3 nitrogen and oxygen atoms in total. The molecule has 1 heterocycles. The molecule has 0 saturated carbocycles. The third-order valence-corrected chi connectivity index (χ3v) is 3.91. The van der Waals surface area contributed by atoms with Crippen molar-refractivity contribution in [2.45, 2.75) is 39.1 Å². The number of nitrogens with zero attached hydrogens (tertiary/aromatic N) is 2. The predicted molar refractivity (Wildman–Crippen MR) is 92.0 cm³/mol. The van der Waals surface area contributed by atoms with Gasteiger partial charge in [0.25, 0.3) is 0 Å². The highest BCUT2D eigenvalue weighted by Gasteiger charge is 2.14. The lowest BCUT2D eigenvalue weighted by Gasteiger charge is -2.11. The van der Waals surface area contributed by atoms with Crippen LogP contribution >= 0.6 is 27.5 Å². The predicted octanol–water partition coefficient (Wildman–Crippen LogP) is 5.16. The largest absolute Gasteiger partial charge is 0.381 e. The Morgan fingerprint density at radius 3 is 2.76 bits per heavy atom. The van der Waals surface area contributed by atoms with Crippen LogP contribution in [0.2, 0.25) is 0 Å². The van der Waals surface area contributed by atoms with Crippen molar-refractivity contribution in [2.24, 2.45) is 5.92 Å². The summed E-state index contributed by atoms with van der Waals surface area (Å²) in [7, 11) is 0. The van der Waals surface area contributed by atoms with E-state index in [0.717, 1.165) is 47.5 Å². The van der Waals surface area contributed by atoms with Crippen molar-refractivity contribution >= 4 is 38.6 Å². The van der Waals surface area contributed by atoms with E-state index in [9.17, 15) is 0 Å². The van der Waals surface area contributed by atoms with Crippen molar-refractivity contribution in [1.82, 2.24) is 9.55 Å². The molecule has 0 amide bonds. The average molecular weight is 374 g/mol. The zero-order valence-corrected chi connectivity index (χ0v) is 15.1. The number of ether oxygens (including phenoxy) is 1. The molecule has 1 aromatic heterocycles. The summed E-state index contributed by atoms with van der Waals surface area (Å²) in [6.07, 6.45) is 0.963. The highest BCUT2D eigenvalue weighted by atomic mass is 79.9. The van der Waals surface area contributed by atoms with Crippen molar-refractivity contribution < 1.29 is 4.74 Å². The highest BCUT2D eigenvalue weighted by Crippen LogP contribution is 2.26. The van der Waals surface area contributed by atoms with E-state index in [1.807, 2.05) is 19.1 Å². The maximum Gasteiger partial charge on any atom is 0.127 e. The van der Waals surface area contributed by atoms with Crippen LogP contribution in [0.15, 0.2) is 22.7 Å². The van der Waals surface area contributed by atoms with Crippen LogP contribution in [0.1, 0.15) is 38.4 Å². The molecule has 116 valence electrons. The zero-order chi connectivity index (χ0) is 15.4. The Bertz CT molecular complexity index is 595. The SMILES string of the molecule is CC(C)COCCCn1c(C(C)Cl)nc2cc(Br)ccc21. The molecule has 0 aliphatic carbocycles. The number of halogens is 2. The fourth-order valence-corrected chi connectivity index (χ4v) is 2.82. The van der Waals surface area contributed by atoms with Gasteiger partial charge in [0, 0.05) is 24.2 Å². The molecule has 0 N–H and O–H groups in total. The topological polar surface area (TPSA) is 27.1 Å². The fourth-order valence-electron chi connectivity index (χ4n) is 2.30. The molecule has 2 aromatic rings. The lowest BCUT2D eigenvalue weighted by atomic mass is 10.2. The number of imidazole rings is 1. The summed E-state index contributed by atoms with van der Waals surface area (Å²) >= 11 is 9.76. The van der Waals surface area contributed by atoms with Crippen LogP contribution in [0.5, 0.6) is 0 Å². The smallest absolute Gasteiger partial charge is 0.127 e. The van der Waals surface area contributed by atoms with Gasteiger partial charge in [0.15, 0.2) is 0 Å². The molecule has 1 unspecified atom stereocenters. The Hall–Kier alpha value is -0.580. The van der Waals surface area contributed by atoms with Gasteiger partial charge in [-0.1, -0.05) is 29.8 Å². The van der Waals surface area contributed by atoms with E-state index in [1.165, 1.54) is 0 Å². The summed E-state index contributed by atoms with van der Waals surface area (Å²) in [4.78, 5) is 4.66. The molecule has 2 rings (SSSR count). The van der Waals surface area contributed by atoms with Crippen LogP contribution in [-0.2, 0) is 11.3 Å². The van der Waals surface area contributed by atoms with E-state index in [-0.39, 0.29) is 5.38 Å². The van der Waals surface area contributed by atoms with E-state index in [1.54, 1.807) is 0 Å². The minimum absolute atomic E-state index is 0.104. The molecule has 0 radical (unpaired) electrons. The minimum atomic E-state index is -0.104. The van der Waals surface area contributed by atoms with Gasteiger partial charge in [0.2, 0.25) is 0 Å². The van der Waals surface area contributed by atoms with Crippen molar-refractivity contribution in [1.29, 1.82) is 0 Å². The number of aryl methyl sites for hydroxylation is 1. The number of aromatic nitrogens is 2. The van der Waals surface area contributed by atoms with E-state index in [0.29, 0.717) is 5.92 Å². The number of alkyl halides is 1. The minimum Gasteiger partial charge on any atom is -0.381 e. The van der Waals surface area contributed by atoms with Crippen LogP contribution in [-0.4, -0.2) is 22.8 Å². The van der Waals surface area contributed by atoms with Crippen LogP contribution in [0.4, 0.5) is 0 Å². The van der Waals surface area contributed by atoms with Gasteiger partial charge in [-0.05, 0) is 37.5 Å². The fraction of sp³-hybridized carbons (Fsp3) is 0.562. The third-order valence-electron chi connectivity index (χ3n) is 3.22. The van der Waals surface area contributed by atoms with Crippen LogP contribution < -0.4 is 0 Å². The summed E-state index contributed by atoms with van der Waals surface area (Å²) in [5.41, 5.74) is 2.11. The molecule has 0 bridgehead atoms. The van der Waals surface area contributed by atoms with Gasteiger partial charge in [0.05, 0.1) is 16.4 Å². The van der Waals surface area contributed by atoms with Gasteiger partial charge < -0.3 is 9.30 Å². The van der Waals surface area contributed by atoms with Gasteiger partial charge in [-0.15, -0.1) is 11.6 Å². The van der Waals surface area contributed by atoms with Crippen LogP contribution in [0.25, 0.3) is 11.0 Å². The average Bonchev–Trinajstić information content (AvgIpc) is 2.76. The van der Waals surface area contributed by atoms with Gasteiger partial charge in [0.1, 0.15) is 5.82 Å². The monoisotopic (exact) mass is 372 g/mol. The molecule has 0 saturated heterocycles. The number of fused-ring (bicyclic) bond motifs is 1. The quantitative estimate of drug-likeness (QED) is 0.495. The van der Waals surface area contributed by atoms with Crippen molar-refractivity contribution in [3.05, 3.63) is 28.5 Å². The Balaban J connectivity index is 2.11. The molecule has 0 fully saturated rings. The third kappa shape index (κ3) is 4.44. The first-order chi connectivity index (χ1) is 9.99. The summed E-state index contributed by atoms with van der Waals surface area (Å²) in [5.74, 6) is 1.50. The standard InChI is InChI=1S/C16H22BrClN2O/c1-11(2)10-21-8-4-7-20-15-6-5-13(17)9-14(15)19-16(20)12(3)18/h5-6,9,11-12H,4,7-8,10H2,1-3H3. The first-order valence-electron chi connectivity index (χ1n) is 7.36. The molecular weight excluding hydrogens is 352 g/mol. The second-order valence-electron chi connectivity index (χ2n) is 5.69. The second-order valence-corrected chi connectivity index (χ2v) is 7.26. The van der Waals surface area contributed by atoms with E-state index < -0.39 is 0 Å². The molecular formula is C16H22BrClN2O. The van der Waals surface area contributed by atoms with Gasteiger partial charge in [-0.2, -0.15) is 0 Å². The number of hydrogen-bond donors (Lipinski definition) is 0. The molecule has 1 aromatic carbocycles. The zero-order valence-electron chi connectivity index (χ0n) is 12.8. The Morgan fingerprint density at radius 2 is 2.10 bits per heavy atom. The number of benzene rings is 1. The van der Waals surface area contributed by atoms with Crippen LogP contribution in [0.3, 0.4) is 0 Å². The molecule has 21 heavy (non-hydrogen) atoms. The van der Waals surface area contributed by atoms with E-state index in [2.05, 4.69) is 45.4 Å². The van der Waals surface area contributed by atoms with E-state index >= 15 is 0 Å². The van der Waals surface area contributed by atoms with Crippen molar-refractivity contribution in [2.75, 3.05) is 13.2 Å². The Morgan fingerprint density at radius 1 is 1.33 bits per heavy atom. The summed E-state index contributed by atoms with van der Waals surface area (Å²) < 4.78 is 8.89. The summed E-state index contributed by atoms with van der Waals surface area (Å²) in [5, 5.41) is -0.104. The maximum absolute atomic E-state index is 6.27. The van der Waals surface area contributed by atoms with Crippen LogP contribution in [0, 0.1) is 5.92 Å². The lowest BCUT2D eigenvalue weighted by molar-refractivity contribution is 0.105. The van der Waals surface area contributed by atoms with E-state index in [4.69, 9.17) is 16.3 Å². The Kier molecular flexibility index (Phi) is 6.08. The van der Waals surface area contributed by atoms with Gasteiger partial charge >= 0.3 is 0 Å². The number of hydrogen-bond acceptors (Lipinski definition) is 2. The van der Waals surface area contributed by atoms with Crippen molar-refractivity contribution in [3.63, 3.8) is 0 Å².